The van der Waals surface area contributed by atoms with Gasteiger partial charge in [-0.3, -0.25) is 9.80 Å². The zero-order valence-corrected chi connectivity index (χ0v) is 21.3. The number of halogens is 3. The van der Waals surface area contributed by atoms with Crippen LogP contribution >= 0.6 is 23.2 Å². The first kappa shape index (κ1) is 24.8. The van der Waals surface area contributed by atoms with Crippen molar-refractivity contribution in [1.82, 2.24) is 15.2 Å². The minimum atomic E-state index is -0.268. The first-order chi connectivity index (χ1) is 17.4. The van der Waals surface area contributed by atoms with Gasteiger partial charge in [0.15, 0.2) is 0 Å². The van der Waals surface area contributed by atoms with Crippen molar-refractivity contribution in [2.75, 3.05) is 31.1 Å². The van der Waals surface area contributed by atoms with Gasteiger partial charge in [0.1, 0.15) is 11.0 Å². The van der Waals surface area contributed by atoms with Gasteiger partial charge in [0.2, 0.25) is 0 Å². The molecule has 8 heteroatoms. The van der Waals surface area contributed by atoms with E-state index in [4.69, 9.17) is 23.2 Å². The minimum Gasteiger partial charge on any atom is -0.334 e. The van der Waals surface area contributed by atoms with Crippen LogP contribution in [0.3, 0.4) is 0 Å². The van der Waals surface area contributed by atoms with E-state index in [1.54, 1.807) is 29.3 Å². The average Bonchev–Trinajstić information content (AvgIpc) is 3.18. The Morgan fingerprint density at radius 2 is 1.86 bits per heavy atom. The topological polar surface area (TPSA) is 48.5 Å². The van der Waals surface area contributed by atoms with Crippen molar-refractivity contribution in [2.45, 2.75) is 24.8 Å². The fourth-order valence-corrected chi connectivity index (χ4v) is 5.47. The third-order valence-corrected chi connectivity index (χ3v) is 7.58. The fourth-order valence-electron chi connectivity index (χ4n) is 5.15. The summed E-state index contributed by atoms with van der Waals surface area (Å²) in [6.45, 7) is 3.49. The van der Waals surface area contributed by atoms with E-state index >= 15 is 0 Å². The summed E-state index contributed by atoms with van der Waals surface area (Å²) < 4.78 is 14.3. The van der Waals surface area contributed by atoms with E-state index in [0.717, 1.165) is 59.9 Å². The Kier molecular flexibility index (Phi) is 7.28. The lowest BCUT2D eigenvalue weighted by Crippen LogP contribution is -2.47. The zero-order valence-electron chi connectivity index (χ0n) is 19.8. The van der Waals surface area contributed by atoms with Gasteiger partial charge in [-0.1, -0.05) is 47.5 Å². The van der Waals surface area contributed by atoms with Gasteiger partial charge in [0.05, 0.1) is 0 Å². The average molecular weight is 525 g/mol. The van der Waals surface area contributed by atoms with Gasteiger partial charge in [0, 0.05) is 42.0 Å². The largest absolute Gasteiger partial charge is 0.334 e. The second-order valence-electron chi connectivity index (χ2n) is 9.43. The number of likely N-dealkylation sites (tertiary alicyclic amines) is 1. The Labute approximate surface area is 220 Å². The summed E-state index contributed by atoms with van der Waals surface area (Å²) in [5, 5.41) is 4.09. The van der Waals surface area contributed by atoms with E-state index in [1.165, 1.54) is 6.07 Å². The van der Waals surface area contributed by atoms with Crippen LogP contribution in [-0.2, 0) is 12.0 Å². The molecule has 1 spiro atoms. The molecule has 1 fully saturated rings. The number of nitrogens with one attached hydrogen (secondary N) is 1. The van der Waals surface area contributed by atoms with Crippen molar-refractivity contribution < 1.29 is 9.18 Å². The lowest BCUT2D eigenvalue weighted by atomic mass is 9.74. The maximum atomic E-state index is 14.3. The van der Waals surface area contributed by atoms with E-state index < -0.39 is 0 Å². The number of hydrogen-bond donors (Lipinski definition) is 1. The predicted molar refractivity (Wildman–Crippen MR) is 143 cm³/mol. The molecule has 0 saturated carbocycles. The van der Waals surface area contributed by atoms with Crippen LogP contribution in [0.25, 0.3) is 6.08 Å². The van der Waals surface area contributed by atoms with Crippen LogP contribution in [0.15, 0.2) is 66.9 Å². The van der Waals surface area contributed by atoms with Crippen LogP contribution in [0, 0.1) is 5.82 Å². The van der Waals surface area contributed by atoms with Gasteiger partial charge in [-0.05, 0) is 85.1 Å². The maximum absolute atomic E-state index is 14.3. The summed E-state index contributed by atoms with van der Waals surface area (Å²) in [6, 6.07) is 15.9. The lowest BCUT2D eigenvalue weighted by Gasteiger charge is -2.39. The molecular formula is C28H27Cl2FN4O. The van der Waals surface area contributed by atoms with E-state index in [1.807, 2.05) is 30.3 Å². The second-order valence-corrected chi connectivity index (χ2v) is 10.3. The molecular weight excluding hydrogens is 498 g/mol. The van der Waals surface area contributed by atoms with Crippen LogP contribution in [0.1, 0.15) is 29.5 Å². The molecule has 5 nitrogen and oxygen atoms in total. The molecule has 36 heavy (non-hydrogen) atoms. The second kappa shape index (κ2) is 10.6. The van der Waals surface area contributed by atoms with Crippen LogP contribution < -0.4 is 10.2 Å². The third-order valence-electron chi connectivity index (χ3n) is 7.12. The molecule has 186 valence electrons. The molecule has 2 amide bonds. The number of rotatable bonds is 5. The van der Waals surface area contributed by atoms with Crippen molar-refractivity contribution in [3.05, 3.63) is 99.6 Å². The zero-order chi connectivity index (χ0) is 25.1. The summed E-state index contributed by atoms with van der Waals surface area (Å²) in [5.41, 5.74) is 3.46. The SMILES string of the molecule is O=C(NCc1ccnc(Cl)c1)N1CC2(CCN(C/C=C/c3ccc(Cl)cc3)CC2)c2cc(F)ccc21. The number of carbonyl (C=O) groups excluding carboxylic acids is 1. The van der Waals surface area contributed by atoms with Crippen LogP contribution in [0.2, 0.25) is 10.2 Å². The first-order valence-corrected chi connectivity index (χ1v) is 12.8. The highest BCUT2D eigenvalue weighted by Crippen LogP contribution is 2.47. The quantitative estimate of drug-likeness (QED) is 0.398. The van der Waals surface area contributed by atoms with Gasteiger partial charge in [0.25, 0.3) is 0 Å². The van der Waals surface area contributed by atoms with Crippen molar-refractivity contribution in [3.8, 4) is 0 Å². The van der Waals surface area contributed by atoms with Gasteiger partial charge < -0.3 is 5.32 Å². The molecule has 3 aromatic rings. The summed E-state index contributed by atoms with van der Waals surface area (Å²) in [4.78, 5) is 21.3. The van der Waals surface area contributed by atoms with Crippen LogP contribution in [-0.4, -0.2) is 42.1 Å². The van der Waals surface area contributed by atoms with Crippen molar-refractivity contribution in [2.24, 2.45) is 0 Å². The molecule has 0 unspecified atom stereocenters. The van der Waals surface area contributed by atoms with E-state index in [-0.39, 0.29) is 17.3 Å². The minimum absolute atomic E-state index is 0.194. The summed E-state index contributed by atoms with van der Waals surface area (Å²) in [6.07, 6.45) is 7.60. The molecule has 0 aliphatic carbocycles. The summed E-state index contributed by atoms with van der Waals surface area (Å²) >= 11 is 11.9. The number of benzene rings is 2. The Morgan fingerprint density at radius 3 is 2.61 bits per heavy atom. The van der Waals surface area contributed by atoms with E-state index in [0.29, 0.717) is 18.2 Å². The Hall–Kier alpha value is -2.93. The maximum Gasteiger partial charge on any atom is 0.322 e. The molecule has 1 aromatic heterocycles. The lowest BCUT2D eigenvalue weighted by molar-refractivity contribution is 0.180. The van der Waals surface area contributed by atoms with Crippen LogP contribution in [0.4, 0.5) is 14.9 Å². The van der Waals surface area contributed by atoms with Crippen molar-refractivity contribution in [1.29, 1.82) is 0 Å². The molecule has 2 aliphatic rings. The molecule has 2 aromatic carbocycles. The number of pyridine rings is 1. The monoisotopic (exact) mass is 524 g/mol. The number of fused-ring (bicyclic) bond motifs is 2. The number of amides is 2. The Balaban J connectivity index is 1.24. The number of anilines is 1. The molecule has 0 radical (unpaired) electrons. The molecule has 5 rings (SSSR count). The van der Waals surface area contributed by atoms with Gasteiger partial charge in [-0.25, -0.2) is 14.2 Å². The van der Waals surface area contributed by atoms with Crippen molar-refractivity contribution in [3.63, 3.8) is 0 Å². The number of carbonyl (C=O) groups is 1. The van der Waals surface area contributed by atoms with Crippen molar-refractivity contribution >= 4 is 41.0 Å². The predicted octanol–water partition coefficient (Wildman–Crippen LogP) is 6.30. The van der Waals surface area contributed by atoms with Gasteiger partial charge in [-0.15, -0.1) is 0 Å². The van der Waals surface area contributed by atoms with E-state index in [2.05, 4.69) is 27.4 Å². The molecule has 0 bridgehead atoms. The Bertz CT molecular complexity index is 1270. The molecule has 3 heterocycles. The third kappa shape index (κ3) is 5.41. The summed E-state index contributed by atoms with van der Waals surface area (Å²) in [5.74, 6) is -0.268. The highest BCUT2D eigenvalue weighted by molar-refractivity contribution is 6.30. The van der Waals surface area contributed by atoms with E-state index in [9.17, 15) is 9.18 Å². The number of urea groups is 1. The Morgan fingerprint density at radius 1 is 1.08 bits per heavy atom. The highest BCUT2D eigenvalue weighted by atomic mass is 35.5. The molecule has 1 saturated heterocycles. The standard InChI is InChI=1S/C28H27Cl2FN4O/c29-22-5-3-20(4-6-22)2-1-13-34-14-10-28(11-15-34)19-35(25-8-7-23(31)17-24(25)28)27(36)33-18-21-9-12-32-26(30)16-21/h1-9,12,16-17H,10-11,13-15,18-19H2,(H,33,36)/b2-1+. The van der Waals surface area contributed by atoms with Crippen LogP contribution in [0.5, 0.6) is 0 Å². The normalized spacial score (nSPS) is 17.0. The smallest absolute Gasteiger partial charge is 0.322 e. The number of piperidine rings is 1. The summed E-state index contributed by atoms with van der Waals surface area (Å²) in [7, 11) is 0. The first-order valence-electron chi connectivity index (χ1n) is 12.0. The number of aromatic nitrogens is 1. The highest BCUT2D eigenvalue weighted by Gasteiger charge is 2.46. The van der Waals surface area contributed by atoms with Gasteiger partial charge in [-0.2, -0.15) is 0 Å². The van der Waals surface area contributed by atoms with Gasteiger partial charge >= 0.3 is 6.03 Å². The number of hydrogen-bond acceptors (Lipinski definition) is 3. The molecule has 1 N–H and O–H groups in total. The number of nitrogens with zero attached hydrogens (tertiary/aromatic N) is 3. The molecule has 2 aliphatic heterocycles. The fraction of sp³-hybridized carbons (Fsp3) is 0.286. The molecule has 0 atom stereocenters.